The van der Waals surface area contributed by atoms with Crippen LogP contribution in [0.3, 0.4) is 0 Å². The van der Waals surface area contributed by atoms with Crippen molar-refractivity contribution in [1.29, 1.82) is 0 Å². The van der Waals surface area contributed by atoms with Crippen molar-refractivity contribution in [2.75, 3.05) is 6.54 Å². The Morgan fingerprint density at radius 2 is 1.85 bits per heavy atom. The first-order valence-corrected chi connectivity index (χ1v) is 8.25. The van der Waals surface area contributed by atoms with Gasteiger partial charge >= 0.3 is 18.1 Å². The summed E-state index contributed by atoms with van der Waals surface area (Å²) >= 11 is 0. The van der Waals surface area contributed by atoms with Crippen LogP contribution in [0.5, 0.6) is 0 Å². The van der Waals surface area contributed by atoms with Crippen molar-refractivity contribution in [3.05, 3.63) is 0 Å². The lowest BCUT2D eigenvalue weighted by atomic mass is 9.95. The molecular weight excluding hydrogens is 377 g/mol. The molecule has 0 unspecified atom stereocenters. The first-order chi connectivity index (χ1) is 11.3. The van der Waals surface area contributed by atoms with Gasteiger partial charge in [-0.3, -0.25) is 9.59 Å². The van der Waals surface area contributed by atoms with Crippen LogP contribution in [0.4, 0.5) is 13.2 Å². The van der Waals surface area contributed by atoms with Gasteiger partial charge in [0.1, 0.15) is 12.1 Å². The Labute approximate surface area is 155 Å². The molecule has 2 aliphatic rings. The van der Waals surface area contributed by atoms with Crippen molar-refractivity contribution >= 4 is 30.2 Å². The highest BCUT2D eigenvalue weighted by molar-refractivity contribution is 5.93. The highest BCUT2D eigenvalue weighted by Gasteiger charge is 2.70. The predicted molar refractivity (Wildman–Crippen MR) is 88.6 cm³/mol. The van der Waals surface area contributed by atoms with E-state index in [0.717, 1.165) is 4.90 Å². The highest BCUT2D eigenvalue weighted by atomic mass is 35.5. The maximum atomic E-state index is 12.8. The van der Waals surface area contributed by atoms with E-state index in [1.54, 1.807) is 19.2 Å². The number of likely N-dealkylation sites (tertiary alicyclic amines) is 1. The molecule has 1 heterocycles. The van der Waals surface area contributed by atoms with Crippen LogP contribution in [0.2, 0.25) is 0 Å². The summed E-state index contributed by atoms with van der Waals surface area (Å²) in [6.45, 7) is 7.25. The molecule has 6 nitrogen and oxygen atoms in total. The molecule has 0 bridgehead atoms. The molecule has 26 heavy (non-hydrogen) atoms. The fourth-order valence-corrected chi connectivity index (χ4v) is 3.88. The lowest BCUT2D eigenvalue weighted by Gasteiger charge is -2.33. The summed E-state index contributed by atoms with van der Waals surface area (Å²) in [4.78, 5) is 36.8. The van der Waals surface area contributed by atoms with Crippen LogP contribution >= 0.6 is 12.4 Å². The molecule has 2 fully saturated rings. The molecule has 0 aromatic rings. The van der Waals surface area contributed by atoms with Crippen LogP contribution in [0, 0.1) is 23.2 Å². The Morgan fingerprint density at radius 3 is 2.27 bits per heavy atom. The molecule has 0 aromatic heterocycles. The Morgan fingerprint density at radius 1 is 1.31 bits per heavy atom. The van der Waals surface area contributed by atoms with E-state index in [9.17, 15) is 32.7 Å². The maximum absolute atomic E-state index is 12.8. The molecule has 0 aromatic carbocycles. The summed E-state index contributed by atoms with van der Waals surface area (Å²) in [5.74, 6) is -4.89. The maximum Gasteiger partial charge on any atom is 0.471 e. The van der Waals surface area contributed by atoms with E-state index < -0.39 is 42.0 Å². The number of halogens is 4. The highest BCUT2D eigenvalue weighted by Crippen LogP contribution is 2.64. The number of fused-ring (bicyclic) bond motifs is 1. The van der Waals surface area contributed by atoms with E-state index in [0.29, 0.717) is 6.42 Å². The predicted octanol–water partition coefficient (Wildman–Crippen LogP) is 2.07. The topological polar surface area (TPSA) is 86.7 Å². The van der Waals surface area contributed by atoms with E-state index in [4.69, 9.17) is 0 Å². The quantitative estimate of drug-likeness (QED) is 0.739. The molecule has 0 radical (unpaired) electrons. The summed E-state index contributed by atoms with van der Waals surface area (Å²) < 4.78 is 37.7. The number of carboxylic acids is 1. The number of carboxylic acid groups (broad SMARTS) is 1. The molecule has 2 rings (SSSR count). The second-order valence-electron chi connectivity index (χ2n) is 7.56. The second kappa shape index (κ2) is 7.25. The summed E-state index contributed by atoms with van der Waals surface area (Å²) in [6, 6.07) is -2.47. The molecular formula is C16H24ClF3N2O4. The standard InChI is InChI=1S/C16H23F3N2O4.ClH/c1-5-7(2)10(20-14(25)16(17,18)19)12(22)21-6-8-9(15(8,3)4)11(21)13(23)24;/h7-11H,5-6H2,1-4H3,(H,20,25)(H,23,24);1H/t7-,8-,9-,10-,11-;/m0./s1. The van der Waals surface area contributed by atoms with Crippen molar-refractivity contribution in [2.45, 2.75) is 52.4 Å². The average molecular weight is 401 g/mol. The minimum absolute atomic E-state index is 0. The molecule has 1 saturated carbocycles. The largest absolute Gasteiger partial charge is 0.480 e. The number of carbonyl (C=O) groups is 3. The van der Waals surface area contributed by atoms with E-state index in [1.807, 2.05) is 13.8 Å². The first kappa shape index (κ1) is 22.5. The number of piperidine rings is 1. The van der Waals surface area contributed by atoms with Gasteiger partial charge in [-0.2, -0.15) is 13.2 Å². The average Bonchev–Trinajstić information content (AvgIpc) is 2.88. The van der Waals surface area contributed by atoms with Gasteiger partial charge in [0.25, 0.3) is 0 Å². The van der Waals surface area contributed by atoms with Crippen molar-refractivity contribution in [3.63, 3.8) is 0 Å². The number of nitrogens with one attached hydrogen (secondary N) is 1. The zero-order valence-corrected chi connectivity index (χ0v) is 15.8. The zero-order chi connectivity index (χ0) is 19.3. The van der Waals surface area contributed by atoms with Crippen molar-refractivity contribution in [1.82, 2.24) is 10.2 Å². The van der Waals surface area contributed by atoms with Gasteiger partial charge < -0.3 is 15.3 Å². The number of hydrogen-bond donors (Lipinski definition) is 2. The number of carbonyl (C=O) groups excluding carboxylic acids is 2. The van der Waals surface area contributed by atoms with Gasteiger partial charge in [0.05, 0.1) is 0 Å². The Balaban J connectivity index is 0.00000338. The number of hydrogen-bond acceptors (Lipinski definition) is 3. The molecule has 1 aliphatic heterocycles. The SMILES string of the molecule is CC[C@H](C)[C@H](NC(=O)C(F)(F)F)C(=O)N1C[C@H]2[C@@H]([C@H]1C(=O)O)C2(C)C.Cl. The smallest absolute Gasteiger partial charge is 0.471 e. The Bertz CT molecular complexity index is 597. The minimum atomic E-state index is -5.10. The van der Waals surface area contributed by atoms with E-state index >= 15 is 0 Å². The lowest BCUT2D eigenvalue weighted by Crippen LogP contribution is -2.57. The van der Waals surface area contributed by atoms with Crippen molar-refractivity contribution in [2.24, 2.45) is 23.2 Å². The van der Waals surface area contributed by atoms with Gasteiger partial charge in [-0.05, 0) is 17.3 Å². The van der Waals surface area contributed by atoms with Crippen LogP contribution in [-0.4, -0.2) is 52.6 Å². The van der Waals surface area contributed by atoms with Crippen LogP contribution < -0.4 is 5.32 Å². The van der Waals surface area contributed by atoms with Crippen molar-refractivity contribution < 1.29 is 32.7 Å². The summed E-state index contributed by atoms with van der Waals surface area (Å²) in [5.41, 5.74) is -0.207. The van der Waals surface area contributed by atoms with Crippen LogP contribution in [0.25, 0.3) is 0 Å². The number of aliphatic carboxylic acids is 1. The van der Waals surface area contributed by atoms with Gasteiger partial charge in [0, 0.05) is 12.5 Å². The van der Waals surface area contributed by atoms with Gasteiger partial charge in [-0.1, -0.05) is 34.1 Å². The molecule has 1 aliphatic carbocycles. The molecule has 0 spiro atoms. The van der Waals surface area contributed by atoms with Crippen LogP contribution in [-0.2, 0) is 14.4 Å². The third-order valence-corrected chi connectivity index (χ3v) is 5.77. The molecule has 10 heteroatoms. The first-order valence-electron chi connectivity index (χ1n) is 8.25. The van der Waals surface area contributed by atoms with Crippen molar-refractivity contribution in [3.8, 4) is 0 Å². The summed E-state index contributed by atoms with van der Waals surface area (Å²) in [7, 11) is 0. The molecule has 5 atom stereocenters. The summed E-state index contributed by atoms with van der Waals surface area (Å²) in [5, 5.41) is 11.2. The fourth-order valence-electron chi connectivity index (χ4n) is 3.88. The lowest BCUT2D eigenvalue weighted by molar-refractivity contribution is -0.175. The third kappa shape index (κ3) is 3.77. The van der Waals surface area contributed by atoms with E-state index in [1.165, 1.54) is 0 Å². The van der Waals surface area contributed by atoms with Gasteiger partial charge in [0.2, 0.25) is 5.91 Å². The molecule has 2 amide bonds. The monoisotopic (exact) mass is 400 g/mol. The number of amides is 2. The molecule has 2 N–H and O–H groups in total. The van der Waals surface area contributed by atoms with Gasteiger partial charge in [0.15, 0.2) is 0 Å². The van der Waals surface area contributed by atoms with E-state index in [-0.39, 0.29) is 36.2 Å². The van der Waals surface area contributed by atoms with Gasteiger partial charge in [-0.15, -0.1) is 12.4 Å². The van der Waals surface area contributed by atoms with Crippen LogP contribution in [0.1, 0.15) is 34.1 Å². The molecule has 1 saturated heterocycles. The number of alkyl halides is 3. The zero-order valence-electron chi connectivity index (χ0n) is 15.0. The summed E-state index contributed by atoms with van der Waals surface area (Å²) in [6.07, 6.45) is -4.74. The minimum Gasteiger partial charge on any atom is -0.480 e. The number of rotatable bonds is 5. The van der Waals surface area contributed by atoms with Gasteiger partial charge in [-0.25, -0.2) is 4.79 Å². The number of nitrogens with zero attached hydrogens (tertiary/aromatic N) is 1. The Kier molecular flexibility index (Phi) is 6.28. The second-order valence-corrected chi connectivity index (χ2v) is 7.56. The normalized spacial score (nSPS) is 28.4. The van der Waals surface area contributed by atoms with E-state index in [2.05, 4.69) is 0 Å². The van der Waals surface area contributed by atoms with Crippen LogP contribution in [0.15, 0.2) is 0 Å². The molecule has 150 valence electrons. The fraction of sp³-hybridized carbons (Fsp3) is 0.812. The Hall–Kier alpha value is -1.51. The third-order valence-electron chi connectivity index (χ3n) is 5.77.